The minimum absolute atomic E-state index is 0.00484. The van der Waals surface area contributed by atoms with Gasteiger partial charge in [0.25, 0.3) is 0 Å². The van der Waals surface area contributed by atoms with Crippen LogP contribution in [-0.4, -0.2) is 61.3 Å². The molecule has 6 nitrogen and oxygen atoms in total. The first-order valence-corrected chi connectivity index (χ1v) is 27.1. The van der Waals surface area contributed by atoms with Gasteiger partial charge in [0.1, 0.15) is 6.61 Å². The van der Waals surface area contributed by atoms with Crippen LogP contribution >= 0.6 is 0 Å². The summed E-state index contributed by atoms with van der Waals surface area (Å²) in [6.07, 6.45) is 57.7. The maximum absolute atomic E-state index is 14.0. The van der Waals surface area contributed by atoms with Crippen LogP contribution in [-0.2, 0) is 14.3 Å². The number of amides is 1. The first-order valence-electron chi connectivity index (χ1n) is 27.1. The number of allylic oxidation sites excluding steroid dienone is 5. The highest BCUT2D eigenvalue weighted by Crippen LogP contribution is 2.21. The standard InChI is InChI=1S/C56H106N2O4/c1-6-9-12-15-18-21-24-27-29-31-34-37-40-43-47-52(46-42-39-36-33-30-26-23-20-17-14-11-8-3)56(61)57-53(51-62-55(60)49-45-50-58(4)5)54(59)48-44-41-38-35-32-28-25-22-19-16-13-10-7-2/h18,21,27,29,44,48,52-54,59H,6-17,19-20,22-26,28,30-43,45-47,49-51H2,1-5H3,(H,57,61)/b21-18-,29-27-,48-44+. The Labute approximate surface area is 386 Å². The molecule has 2 N–H and O–H groups in total. The van der Waals surface area contributed by atoms with E-state index >= 15 is 0 Å². The quantitative estimate of drug-likeness (QED) is 0.0362. The topological polar surface area (TPSA) is 78.9 Å². The number of hydrogen-bond donors (Lipinski definition) is 2. The fourth-order valence-electron chi connectivity index (χ4n) is 8.28. The van der Waals surface area contributed by atoms with Gasteiger partial charge in [0, 0.05) is 12.3 Å². The van der Waals surface area contributed by atoms with Gasteiger partial charge < -0.3 is 20.1 Å². The molecule has 0 heterocycles. The molecule has 0 fully saturated rings. The molecule has 62 heavy (non-hydrogen) atoms. The summed E-state index contributed by atoms with van der Waals surface area (Å²) in [7, 11) is 4.00. The number of aliphatic hydroxyl groups excluding tert-OH is 1. The lowest BCUT2D eigenvalue weighted by Gasteiger charge is -2.25. The molecule has 0 aromatic heterocycles. The lowest BCUT2D eigenvalue weighted by Crippen LogP contribution is -2.48. The van der Waals surface area contributed by atoms with Crippen LogP contribution in [0.3, 0.4) is 0 Å². The average molecular weight is 871 g/mol. The highest BCUT2D eigenvalue weighted by Gasteiger charge is 2.26. The van der Waals surface area contributed by atoms with E-state index in [9.17, 15) is 14.7 Å². The first-order chi connectivity index (χ1) is 30.3. The summed E-state index contributed by atoms with van der Waals surface area (Å²) in [5.74, 6) is -0.358. The smallest absolute Gasteiger partial charge is 0.305 e. The molecule has 6 heteroatoms. The third kappa shape index (κ3) is 43.3. The Morgan fingerprint density at radius 1 is 0.516 bits per heavy atom. The Morgan fingerprint density at radius 3 is 1.35 bits per heavy atom. The number of aliphatic hydroxyl groups is 1. The van der Waals surface area contributed by atoms with Crippen molar-refractivity contribution in [2.45, 2.75) is 277 Å². The maximum Gasteiger partial charge on any atom is 0.305 e. The summed E-state index contributed by atoms with van der Waals surface area (Å²) in [5, 5.41) is 14.6. The second-order valence-electron chi connectivity index (χ2n) is 19.0. The molecule has 0 aromatic rings. The summed E-state index contributed by atoms with van der Waals surface area (Å²) in [6.45, 7) is 7.61. The van der Waals surface area contributed by atoms with Crippen LogP contribution in [0.5, 0.6) is 0 Å². The van der Waals surface area contributed by atoms with E-state index in [4.69, 9.17) is 4.74 Å². The minimum Gasteiger partial charge on any atom is -0.463 e. The molecule has 364 valence electrons. The van der Waals surface area contributed by atoms with Gasteiger partial charge in [0.15, 0.2) is 0 Å². The van der Waals surface area contributed by atoms with Crippen molar-refractivity contribution in [1.29, 1.82) is 0 Å². The number of carbonyl (C=O) groups is 2. The van der Waals surface area contributed by atoms with E-state index in [1.807, 2.05) is 20.2 Å². The highest BCUT2D eigenvalue weighted by molar-refractivity contribution is 5.79. The SMILES string of the molecule is CCCCC/C=C\C/C=C\CCCCCCC(CCCCCCCCCCCCCC)C(=O)NC(COC(=O)CCCN(C)C)C(O)/C=C/CCCCCCCCCCCCC. The van der Waals surface area contributed by atoms with E-state index in [1.54, 1.807) is 0 Å². The monoisotopic (exact) mass is 871 g/mol. The molecule has 0 saturated carbocycles. The summed E-state index contributed by atoms with van der Waals surface area (Å²) in [4.78, 5) is 28.8. The number of hydrogen-bond acceptors (Lipinski definition) is 5. The van der Waals surface area contributed by atoms with Gasteiger partial charge in [-0.15, -0.1) is 0 Å². The lowest BCUT2D eigenvalue weighted by molar-refractivity contribution is -0.146. The van der Waals surface area contributed by atoms with Crippen LogP contribution in [0, 0.1) is 5.92 Å². The molecule has 0 saturated heterocycles. The van der Waals surface area contributed by atoms with E-state index < -0.39 is 12.1 Å². The minimum atomic E-state index is -0.905. The summed E-state index contributed by atoms with van der Waals surface area (Å²) < 4.78 is 5.70. The van der Waals surface area contributed by atoms with Gasteiger partial charge in [-0.2, -0.15) is 0 Å². The van der Waals surface area contributed by atoms with Crippen LogP contribution in [0.2, 0.25) is 0 Å². The number of ether oxygens (including phenoxy) is 1. The van der Waals surface area contributed by atoms with Gasteiger partial charge in [-0.1, -0.05) is 231 Å². The fraction of sp³-hybridized carbons (Fsp3) is 0.857. The van der Waals surface area contributed by atoms with Crippen molar-refractivity contribution < 1.29 is 19.4 Å². The molecular weight excluding hydrogens is 765 g/mol. The van der Waals surface area contributed by atoms with Crippen LogP contribution in [0.25, 0.3) is 0 Å². The largest absolute Gasteiger partial charge is 0.463 e. The fourth-order valence-corrected chi connectivity index (χ4v) is 8.28. The Hall–Kier alpha value is -1.92. The highest BCUT2D eigenvalue weighted by atomic mass is 16.5. The van der Waals surface area contributed by atoms with Crippen molar-refractivity contribution in [3.8, 4) is 0 Å². The third-order valence-corrected chi connectivity index (χ3v) is 12.5. The number of esters is 1. The van der Waals surface area contributed by atoms with Crippen molar-refractivity contribution >= 4 is 11.9 Å². The molecule has 0 rings (SSSR count). The molecule has 0 aliphatic rings. The summed E-state index contributed by atoms with van der Waals surface area (Å²) in [5.41, 5.74) is 0. The zero-order valence-corrected chi connectivity index (χ0v) is 42.1. The molecule has 0 aliphatic carbocycles. The Balaban J connectivity index is 5.18. The number of carbonyl (C=O) groups excluding carboxylic acids is 2. The molecule has 3 atom stereocenters. The van der Waals surface area contributed by atoms with Crippen LogP contribution in [0.15, 0.2) is 36.5 Å². The van der Waals surface area contributed by atoms with Gasteiger partial charge in [-0.25, -0.2) is 0 Å². The predicted molar refractivity (Wildman–Crippen MR) is 271 cm³/mol. The second-order valence-corrected chi connectivity index (χ2v) is 19.0. The Morgan fingerprint density at radius 2 is 0.903 bits per heavy atom. The molecule has 0 bridgehead atoms. The summed E-state index contributed by atoms with van der Waals surface area (Å²) >= 11 is 0. The predicted octanol–water partition coefficient (Wildman–Crippen LogP) is 16.1. The van der Waals surface area contributed by atoms with Gasteiger partial charge in [0.05, 0.1) is 12.1 Å². The Kier molecular flexibility index (Phi) is 47.0. The van der Waals surface area contributed by atoms with Gasteiger partial charge in [0.2, 0.25) is 5.91 Å². The molecular formula is C56H106N2O4. The number of rotatable bonds is 48. The lowest BCUT2D eigenvalue weighted by atomic mass is 9.92. The van der Waals surface area contributed by atoms with E-state index in [1.165, 1.54) is 173 Å². The van der Waals surface area contributed by atoms with Gasteiger partial charge >= 0.3 is 5.97 Å². The van der Waals surface area contributed by atoms with Crippen molar-refractivity contribution in [3.05, 3.63) is 36.5 Å². The summed E-state index contributed by atoms with van der Waals surface area (Å²) in [6, 6.07) is -0.656. The first kappa shape index (κ1) is 60.1. The zero-order valence-electron chi connectivity index (χ0n) is 42.1. The number of unbranched alkanes of at least 4 members (excludes halogenated alkanes) is 29. The maximum atomic E-state index is 14.0. The van der Waals surface area contributed by atoms with Crippen LogP contribution in [0.1, 0.15) is 265 Å². The van der Waals surface area contributed by atoms with Crippen molar-refractivity contribution in [3.63, 3.8) is 0 Å². The molecule has 1 amide bonds. The molecule has 0 radical (unpaired) electrons. The van der Waals surface area contributed by atoms with Gasteiger partial charge in [-0.05, 0) is 84.8 Å². The van der Waals surface area contributed by atoms with Crippen molar-refractivity contribution in [2.24, 2.45) is 5.92 Å². The zero-order chi connectivity index (χ0) is 45.4. The molecule has 0 spiro atoms. The third-order valence-electron chi connectivity index (χ3n) is 12.5. The van der Waals surface area contributed by atoms with Gasteiger partial charge in [-0.3, -0.25) is 9.59 Å². The second kappa shape index (κ2) is 48.5. The van der Waals surface area contributed by atoms with Crippen molar-refractivity contribution in [1.82, 2.24) is 10.2 Å². The number of nitrogens with one attached hydrogen (secondary N) is 1. The van der Waals surface area contributed by atoms with Crippen LogP contribution < -0.4 is 5.32 Å². The Bertz CT molecular complexity index is 1040. The van der Waals surface area contributed by atoms with E-state index in [2.05, 4.69) is 61.4 Å². The molecule has 0 aliphatic heterocycles. The normalized spacial score (nSPS) is 13.5. The van der Waals surface area contributed by atoms with E-state index in [-0.39, 0.29) is 24.4 Å². The number of nitrogens with zero attached hydrogens (tertiary/aromatic N) is 1. The van der Waals surface area contributed by atoms with E-state index in [0.29, 0.717) is 6.42 Å². The van der Waals surface area contributed by atoms with Crippen molar-refractivity contribution in [2.75, 3.05) is 27.2 Å². The van der Waals surface area contributed by atoms with E-state index in [0.717, 1.165) is 70.8 Å². The van der Waals surface area contributed by atoms with Crippen LogP contribution in [0.4, 0.5) is 0 Å². The molecule has 0 aromatic carbocycles. The molecule has 3 unspecified atom stereocenters. The average Bonchev–Trinajstić information content (AvgIpc) is 3.26.